The fourth-order valence-corrected chi connectivity index (χ4v) is 2.06. The third-order valence-electron chi connectivity index (χ3n) is 1.92. The molecule has 0 aliphatic carbocycles. The van der Waals surface area contributed by atoms with Crippen molar-refractivity contribution < 1.29 is 14.1 Å². The second-order valence-corrected chi connectivity index (χ2v) is 5.09. The van der Waals surface area contributed by atoms with Crippen molar-refractivity contribution in [1.82, 2.24) is 0 Å². The number of carbonyl (C=O) groups is 1. The van der Waals surface area contributed by atoms with E-state index in [0.717, 1.165) is 11.8 Å². The first-order valence-corrected chi connectivity index (χ1v) is 6.72. The van der Waals surface area contributed by atoms with Crippen LogP contribution < -0.4 is 0 Å². The van der Waals surface area contributed by atoms with Crippen molar-refractivity contribution in [2.45, 2.75) is 13.0 Å². The molecule has 0 amide bonds. The molecule has 1 atom stereocenters. The van der Waals surface area contributed by atoms with Gasteiger partial charge in [0, 0.05) is 12.6 Å². The number of aldehydes is 1. The molecule has 0 heterocycles. The van der Waals surface area contributed by atoms with E-state index in [1.165, 1.54) is 0 Å². The second kappa shape index (κ2) is 7.38. The molecule has 3 nitrogen and oxygen atoms in total. The van der Waals surface area contributed by atoms with Crippen LogP contribution >= 0.6 is 7.80 Å². The van der Waals surface area contributed by atoms with Gasteiger partial charge in [-0.1, -0.05) is 30.3 Å². The van der Waals surface area contributed by atoms with Gasteiger partial charge in [0.1, 0.15) is 14.1 Å². The molecule has 0 bridgehead atoms. The molecule has 1 rings (SSSR count). The Balaban J connectivity index is 2.16. The molecule has 0 aliphatic rings. The average Bonchev–Trinajstić information content (AvgIpc) is 2.28. The molecule has 0 aliphatic heterocycles. The van der Waals surface area contributed by atoms with E-state index in [1.807, 2.05) is 30.3 Å². The number of hydrogen-bond donors (Lipinski definition) is 0. The zero-order chi connectivity index (χ0) is 10.9. The molecular formula is C11H15O3P. The van der Waals surface area contributed by atoms with Gasteiger partial charge >= 0.3 is 0 Å². The van der Waals surface area contributed by atoms with E-state index in [-0.39, 0.29) is 6.35 Å². The fourth-order valence-electron chi connectivity index (χ4n) is 1.15. The van der Waals surface area contributed by atoms with Crippen LogP contribution in [0.15, 0.2) is 30.3 Å². The van der Waals surface area contributed by atoms with Gasteiger partial charge < -0.3 is 14.1 Å². The molecule has 1 aromatic carbocycles. The summed E-state index contributed by atoms with van der Waals surface area (Å²) in [6.07, 6.45) is 1.89. The summed E-state index contributed by atoms with van der Waals surface area (Å²) in [6.45, 7) is 0.484. The van der Waals surface area contributed by atoms with Gasteiger partial charge in [0.05, 0.1) is 13.0 Å². The second-order valence-electron chi connectivity index (χ2n) is 3.22. The van der Waals surface area contributed by atoms with E-state index in [4.69, 9.17) is 4.74 Å². The van der Waals surface area contributed by atoms with Gasteiger partial charge in [-0.05, 0) is 5.56 Å². The van der Waals surface area contributed by atoms with E-state index in [2.05, 4.69) is 0 Å². The van der Waals surface area contributed by atoms with Crippen LogP contribution in [0.2, 0.25) is 0 Å². The predicted octanol–water partition coefficient (Wildman–Crippen LogP) is 2.31. The molecule has 1 aromatic rings. The zero-order valence-electron chi connectivity index (χ0n) is 8.52. The summed E-state index contributed by atoms with van der Waals surface area (Å²) < 4.78 is 16.6. The van der Waals surface area contributed by atoms with Gasteiger partial charge in [0.25, 0.3) is 0 Å². The Morgan fingerprint density at radius 1 is 1.27 bits per heavy atom. The van der Waals surface area contributed by atoms with Crippen LogP contribution in [0, 0.1) is 0 Å². The first-order chi connectivity index (χ1) is 7.33. The normalized spacial score (nSPS) is 12.3. The van der Waals surface area contributed by atoms with Crippen LogP contribution in [-0.4, -0.2) is 18.8 Å². The van der Waals surface area contributed by atoms with Gasteiger partial charge in [-0.25, -0.2) is 0 Å². The number of ether oxygens (including phenoxy) is 1. The summed E-state index contributed by atoms with van der Waals surface area (Å²) in [7, 11) is -1.73. The standard InChI is InChI=1S/C11H15O3P/c12-7-4-8-15(13)10-14-9-11-5-2-1-3-6-11/h1-3,5-7,15H,4,8-10H2. The van der Waals surface area contributed by atoms with E-state index in [9.17, 15) is 9.36 Å². The summed E-state index contributed by atoms with van der Waals surface area (Å²) >= 11 is 0. The van der Waals surface area contributed by atoms with Gasteiger partial charge in [0.2, 0.25) is 0 Å². The predicted molar refractivity (Wildman–Crippen MR) is 60.6 cm³/mol. The van der Waals surface area contributed by atoms with Crippen LogP contribution in [0.3, 0.4) is 0 Å². The summed E-state index contributed by atoms with van der Waals surface area (Å²) in [5.74, 6) is 0. The van der Waals surface area contributed by atoms with E-state index in [0.29, 0.717) is 19.2 Å². The Morgan fingerprint density at radius 3 is 2.67 bits per heavy atom. The van der Waals surface area contributed by atoms with Crippen molar-refractivity contribution in [3.8, 4) is 0 Å². The number of carbonyl (C=O) groups excluding carboxylic acids is 1. The van der Waals surface area contributed by atoms with E-state index in [1.54, 1.807) is 0 Å². The van der Waals surface area contributed by atoms with Gasteiger partial charge in [-0.15, -0.1) is 0 Å². The minimum Gasteiger partial charge on any atom is -0.369 e. The monoisotopic (exact) mass is 226 g/mol. The Bertz CT molecular complexity index is 311. The topological polar surface area (TPSA) is 43.4 Å². The molecule has 1 unspecified atom stereocenters. The number of rotatable bonds is 7. The van der Waals surface area contributed by atoms with Crippen molar-refractivity contribution >= 4 is 14.1 Å². The molecule has 0 saturated carbocycles. The third kappa shape index (κ3) is 5.50. The van der Waals surface area contributed by atoms with Gasteiger partial charge in [0.15, 0.2) is 0 Å². The molecule has 4 heteroatoms. The first kappa shape index (κ1) is 12.2. The van der Waals surface area contributed by atoms with Crippen molar-refractivity contribution in [3.63, 3.8) is 0 Å². The highest BCUT2D eigenvalue weighted by Gasteiger charge is 1.99. The Kier molecular flexibility index (Phi) is 5.98. The minimum absolute atomic E-state index is 0.271. The highest BCUT2D eigenvalue weighted by molar-refractivity contribution is 7.44. The molecule has 0 N–H and O–H groups in total. The molecule has 0 aromatic heterocycles. The lowest BCUT2D eigenvalue weighted by molar-refractivity contribution is -0.107. The van der Waals surface area contributed by atoms with Crippen LogP contribution in [0.25, 0.3) is 0 Å². The largest absolute Gasteiger partial charge is 0.369 e. The lowest BCUT2D eigenvalue weighted by atomic mass is 10.2. The molecule has 0 radical (unpaired) electrons. The van der Waals surface area contributed by atoms with Crippen LogP contribution in [0.1, 0.15) is 12.0 Å². The summed E-state index contributed by atoms with van der Waals surface area (Å²) in [6, 6.07) is 9.74. The van der Waals surface area contributed by atoms with Crippen LogP contribution in [0.5, 0.6) is 0 Å². The van der Waals surface area contributed by atoms with E-state index >= 15 is 0 Å². The number of hydrogen-bond acceptors (Lipinski definition) is 3. The van der Waals surface area contributed by atoms with Crippen LogP contribution in [0.4, 0.5) is 0 Å². The molecule has 0 saturated heterocycles. The maximum atomic E-state index is 11.3. The molecular weight excluding hydrogens is 211 g/mol. The molecule has 0 spiro atoms. The maximum absolute atomic E-state index is 11.3. The Morgan fingerprint density at radius 2 is 2.00 bits per heavy atom. The van der Waals surface area contributed by atoms with Gasteiger partial charge in [-0.2, -0.15) is 0 Å². The van der Waals surface area contributed by atoms with Crippen LogP contribution in [-0.2, 0) is 20.7 Å². The third-order valence-corrected chi connectivity index (χ3v) is 3.29. The zero-order valence-corrected chi connectivity index (χ0v) is 9.52. The van der Waals surface area contributed by atoms with Crippen molar-refractivity contribution in [2.75, 3.05) is 12.5 Å². The first-order valence-electron chi connectivity index (χ1n) is 4.90. The van der Waals surface area contributed by atoms with Crippen molar-refractivity contribution in [2.24, 2.45) is 0 Å². The quantitative estimate of drug-likeness (QED) is 0.529. The minimum atomic E-state index is -1.73. The average molecular weight is 226 g/mol. The number of benzene rings is 1. The molecule has 15 heavy (non-hydrogen) atoms. The molecule has 0 fully saturated rings. The highest BCUT2D eigenvalue weighted by atomic mass is 31.1. The highest BCUT2D eigenvalue weighted by Crippen LogP contribution is 2.21. The summed E-state index contributed by atoms with van der Waals surface area (Å²) in [5, 5.41) is 0. The summed E-state index contributed by atoms with van der Waals surface area (Å²) in [4.78, 5) is 10.0. The maximum Gasteiger partial charge on any atom is 0.120 e. The van der Waals surface area contributed by atoms with Gasteiger partial charge in [-0.3, -0.25) is 0 Å². The lowest BCUT2D eigenvalue weighted by Gasteiger charge is -2.03. The Labute approximate surface area is 90.2 Å². The van der Waals surface area contributed by atoms with E-state index < -0.39 is 7.80 Å². The smallest absolute Gasteiger partial charge is 0.120 e. The Hall–Kier alpha value is -0.920. The van der Waals surface area contributed by atoms with Crippen molar-refractivity contribution in [1.29, 1.82) is 0 Å². The SMILES string of the molecule is O=CCC[PH](=O)COCc1ccccc1. The van der Waals surface area contributed by atoms with Crippen molar-refractivity contribution in [3.05, 3.63) is 35.9 Å². The molecule has 82 valence electrons. The summed E-state index contributed by atoms with van der Waals surface area (Å²) in [5.41, 5.74) is 1.07. The fraction of sp³-hybridized carbons (Fsp3) is 0.364. The lowest BCUT2D eigenvalue weighted by Crippen LogP contribution is -1.93.